The highest BCUT2D eigenvalue weighted by Crippen LogP contribution is 2.42. The Hall–Kier alpha value is -9.61. The topological polar surface area (TPSA) is 288 Å². The lowest BCUT2D eigenvalue weighted by Gasteiger charge is -2.24. The number of methoxy groups -OCH3 is 3. The Kier molecular flexibility index (Phi) is 18.4. The van der Waals surface area contributed by atoms with E-state index in [4.69, 9.17) is 23.7 Å². The van der Waals surface area contributed by atoms with Gasteiger partial charge in [0.1, 0.15) is 23.0 Å². The second-order valence-electron chi connectivity index (χ2n) is 20.8. The highest BCUT2D eigenvalue weighted by molar-refractivity contribution is 7.92. The number of urea groups is 2. The van der Waals surface area contributed by atoms with Crippen molar-refractivity contribution < 1.29 is 64.8 Å². The largest absolute Gasteiger partial charge is 0.492 e. The smallest absolute Gasteiger partial charge is 0.354 e. The molecule has 4 amide bonds. The van der Waals surface area contributed by atoms with Crippen molar-refractivity contribution in [2.24, 2.45) is 0 Å². The summed E-state index contributed by atoms with van der Waals surface area (Å²) in [7, 11) is -3.15. The van der Waals surface area contributed by atoms with E-state index in [1.807, 2.05) is 90.1 Å². The van der Waals surface area contributed by atoms with E-state index in [-0.39, 0.29) is 45.1 Å². The van der Waals surface area contributed by atoms with Crippen molar-refractivity contribution in [3.05, 3.63) is 162 Å². The number of rotatable bonds is 16. The van der Waals surface area contributed by atoms with Crippen LogP contribution in [-0.2, 0) is 35.6 Å². The van der Waals surface area contributed by atoms with Crippen molar-refractivity contribution in [1.29, 1.82) is 0 Å². The number of sulfonamides is 2. The monoisotopic (exact) mass is 1170 g/mol. The van der Waals surface area contributed by atoms with Gasteiger partial charge in [-0.1, -0.05) is 96.1 Å². The zero-order valence-electron chi connectivity index (χ0n) is 47.3. The molecule has 0 bridgehead atoms. The number of ether oxygens (including phenoxy) is 5. The molecule has 0 fully saturated rings. The van der Waals surface area contributed by atoms with Crippen molar-refractivity contribution in [2.75, 3.05) is 64.6 Å². The fourth-order valence-corrected chi connectivity index (χ4v) is 9.54. The summed E-state index contributed by atoms with van der Waals surface area (Å²) >= 11 is 0. The fourth-order valence-electron chi connectivity index (χ4n) is 8.44. The molecule has 0 radical (unpaired) electrons. The summed E-state index contributed by atoms with van der Waals surface area (Å²) in [5.41, 5.74) is 3.03. The lowest BCUT2D eigenvalue weighted by Crippen LogP contribution is -2.22. The van der Waals surface area contributed by atoms with E-state index in [1.165, 1.54) is 33.6 Å². The maximum Gasteiger partial charge on any atom is 0.354 e. The number of pyridine rings is 1. The number of hydrogen-bond donors (Lipinski definition) is 7. The highest BCUT2D eigenvalue weighted by Gasteiger charge is 2.25. The number of hydrogen-bond acceptors (Lipinski definition) is 14. The van der Waals surface area contributed by atoms with Crippen LogP contribution in [0.15, 0.2) is 140 Å². The number of carboxylic acids is 1. The second kappa shape index (κ2) is 25.0. The molecule has 21 nitrogen and oxygen atoms in total. The van der Waals surface area contributed by atoms with Crippen LogP contribution < -0.4 is 49.7 Å². The quantitative estimate of drug-likeness (QED) is 0.0443. The minimum atomic E-state index is -3.63. The zero-order valence-corrected chi connectivity index (χ0v) is 48.9. The standard InChI is InChI=1S/C31H33N3O7S.C29H30N4O7S/c1-31(2,3)20-17-25(28(39-4)26(18-20)34-42(6,37)38)33-30(36)32-24-14-15-27(23-13-8-7-12-22(23)24)41-21-11-9-10-19(16-21)29(35)40-5;1-29(2,3)17-14-22(26(39-4)23(15-17)33-41(5,37)38)32-28(36)31-21-10-11-25(20-9-7-6-8-19(20)21)40-18-12-13-30-24(16-18)27(34)35/h7-18,34H,1-6H3,(H2,32,33,36);6-16,33H,1-5H3,(H,34,35)(H2,31,32,36). The molecule has 83 heavy (non-hydrogen) atoms. The highest BCUT2D eigenvalue weighted by atomic mass is 32.2. The lowest BCUT2D eigenvalue weighted by molar-refractivity contribution is 0.0599. The summed E-state index contributed by atoms with van der Waals surface area (Å²) in [6.07, 6.45) is 3.43. The summed E-state index contributed by atoms with van der Waals surface area (Å²) in [6.45, 7) is 11.8. The van der Waals surface area contributed by atoms with Crippen molar-refractivity contribution >= 4 is 99.7 Å². The Morgan fingerprint density at radius 2 is 0.892 bits per heavy atom. The van der Waals surface area contributed by atoms with Gasteiger partial charge in [0.15, 0.2) is 17.2 Å². The molecular formula is C60H63N7O14S2. The molecule has 1 heterocycles. The molecule has 0 aliphatic carbocycles. The number of aromatic carboxylic acids is 1. The summed E-state index contributed by atoms with van der Waals surface area (Å²) in [6, 6.07) is 36.6. The number of aromatic nitrogens is 1. The molecular weight excluding hydrogens is 1110 g/mol. The number of carbonyl (C=O) groups excluding carboxylic acids is 3. The molecule has 7 aromatic carbocycles. The minimum absolute atomic E-state index is 0.150. The third kappa shape index (κ3) is 15.9. The van der Waals surface area contributed by atoms with Crippen molar-refractivity contribution in [3.63, 3.8) is 0 Å². The van der Waals surface area contributed by atoms with Crippen molar-refractivity contribution in [3.8, 4) is 34.5 Å². The number of anilines is 6. The molecule has 23 heteroatoms. The summed E-state index contributed by atoms with van der Waals surface area (Å²) in [5.74, 6) is 0.405. The molecule has 8 rings (SSSR count). The molecule has 0 spiro atoms. The van der Waals surface area contributed by atoms with Gasteiger partial charge in [-0.25, -0.2) is 41.0 Å². The average Bonchev–Trinajstić information content (AvgIpc) is 3.37. The van der Waals surface area contributed by atoms with Crippen LogP contribution in [-0.4, -0.2) is 84.8 Å². The minimum Gasteiger partial charge on any atom is -0.492 e. The van der Waals surface area contributed by atoms with Crippen LogP contribution in [0, 0.1) is 0 Å². The predicted octanol–water partition coefficient (Wildman–Crippen LogP) is 12.8. The number of carboxylic acid groups (broad SMARTS) is 1. The Morgan fingerprint density at radius 3 is 1.29 bits per heavy atom. The van der Waals surface area contributed by atoms with Crippen molar-refractivity contribution in [1.82, 2.24) is 4.98 Å². The van der Waals surface area contributed by atoms with Crippen LogP contribution >= 0.6 is 0 Å². The molecule has 0 aliphatic rings. The van der Waals surface area contributed by atoms with Crippen LogP contribution in [0.25, 0.3) is 21.5 Å². The van der Waals surface area contributed by atoms with Gasteiger partial charge in [-0.2, -0.15) is 0 Å². The number of benzene rings is 7. The van der Waals surface area contributed by atoms with Gasteiger partial charge in [-0.05, 0) is 94.8 Å². The molecule has 8 aromatic rings. The molecule has 0 atom stereocenters. The van der Waals surface area contributed by atoms with Crippen LogP contribution in [0.1, 0.15) is 73.5 Å². The van der Waals surface area contributed by atoms with E-state index in [2.05, 4.69) is 35.7 Å². The second-order valence-corrected chi connectivity index (χ2v) is 24.3. The Balaban J connectivity index is 0.000000239. The first-order valence-corrected chi connectivity index (χ1v) is 29.2. The Labute approximate surface area is 480 Å². The van der Waals surface area contributed by atoms with Crippen LogP contribution in [0.3, 0.4) is 0 Å². The van der Waals surface area contributed by atoms with E-state index in [1.54, 1.807) is 78.9 Å². The third-order valence-electron chi connectivity index (χ3n) is 12.3. The normalized spacial score (nSPS) is 11.5. The number of esters is 1. The van der Waals surface area contributed by atoms with Gasteiger partial charge in [0.2, 0.25) is 20.0 Å². The molecule has 7 N–H and O–H groups in total. The molecule has 0 saturated heterocycles. The van der Waals surface area contributed by atoms with Crippen LogP contribution in [0.2, 0.25) is 0 Å². The van der Waals surface area contributed by atoms with Gasteiger partial charge in [0.05, 0.1) is 73.5 Å². The number of carbonyl (C=O) groups is 4. The molecule has 0 unspecified atom stereocenters. The third-order valence-corrected chi connectivity index (χ3v) is 13.5. The van der Waals surface area contributed by atoms with Crippen molar-refractivity contribution in [2.45, 2.75) is 52.4 Å². The van der Waals surface area contributed by atoms with E-state index in [0.29, 0.717) is 61.8 Å². The van der Waals surface area contributed by atoms with Gasteiger partial charge >= 0.3 is 24.0 Å². The number of fused-ring (bicyclic) bond motifs is 2. The first-order chi connectivity index (χ1) is 39.0. The van der Waals surface area contributed by atoms with Crippen LogP contribution in [0.5, 0.6) is 34.5 Å². The van der Waals surface area contributed by atoms with Gasteiger partial charge in [0.25, 0.3) is 0 Å². The zero-order chi connectivity index (χ0) is 60.6. The molecule has 434 valence electrons. The van der Waals surface area contributed by atoms with E-state index >= 15 is 0 Å². The van der Waals surface area contributed by atoms with Gasteiger partial charge in [0, 0.05) is 33.8 Å². The summed E-state index contributed by atoms with van der Waals surface area (Å²) in [5, 5.41) is 23.3. The number of nitrogens with zero attached hydrogens (tertiary/aromatic N) is 1. The summed E-state index contributed by atoms with van der Waals surface area (Å²) in [4.78, 5) is 53.5. The Morgan fingerprint density at radius 1 is 0.482 bits per heavy atom. The first kappa shape index (κ1) is 61.0. The SMILES string of the molecule is COC(=O)c1cccc(Oc2ccc(NC(=O)Nc3cc(C(C)(C)C)cc(NS(C)(=O)=O)c3OC)c3ccccc23)c1.COc1c(NC(=O)Nc2ccc(Oc3ccnc(C(=O)O)c3)c3ccccc23)cc(C(C)(C)C)cc1NS(C)(=O)=O. The lowest BCUT2D eigenvalue weighted by atomic mass is 9.86. The Bertz CT molecular complexity index is 4030. The molecule has 0 aliphatic heterocycles. The predicted molar refractivity (Wildman–Crippen MR) is 323 cm³/mol. The summed E-state index contributed by atoms with van der Waals surface area (Å²) < 4.78 is 80.9. The van der Waals surface area contributed by atoms with Gasteiger partial charge < -0.3 is 50.1 Å². The molecule has 0 saturated carbocycles. The molecule has 1 aromatic heterocycles. The van der Waals surface area contributed by atoms with Gasteiger partial charge in [-0.3, -0.25) is 9.44 Å². The maximum absolute atomic E-state index is 13.3. The van der Waals surface area contributed by atoms with Gasteiger partial charge in [-0.15, -0.1) is 0 Å². The van der Waals surface area contributed by atoms with E-state index in [0.717, 1.165) is 29.0 Å². The van der Waals surface area contributed by atoms with E-state index in [9.17, 15) is 41.1 Å². The van der Waals surface area contributed by atoms with E-state index < -0.39 is 44.0 Å². The first-order valence-electron chi connectivity index (χ1n) is 25.4. The number of amides is 4. The average molecular weight is 1170 g/mol. The maximum atomic E-state index is 13.3. The fraction of sp³-hybridized carbons (Fsp3) is 0.217. The number of nitrogens with one attached hydrogen (secondary N) is 6. The van der Waals surface area contributed by atoms with Crippen LogP contribution in [0.4, 0.5) is 43.7 Å².